The summed E-state index contributed by atoms with van der Waals surface area (Å²) in [5.74, 6) is 0. The first-order valence-corrected chi connectivity index (χ1v) is 5.14. The van der Waals surface area contributed by atoms with Gasteiger partial charge in [-0.15, -0.1) is 0 Å². The van der Waals surface area contributed by atoms with Gasteiger partial charge in [-0.05, 0) is 12.5 Å². The van der Waals surface area contributed by atoms with E-state index in [2.05, 4.69) is 12.0 Å². The molecule has 1 rings (SSSR count). The van der Waals surface area contributed by atoms with E-state index in [9.17, 15) is 13.2 Å². The van der Waals surface area contributed by atoms with Crippen LogP contribution in [0.5, 0.6) is 0 Å². The highest BCUT2D eigenvalue weighted by Crippen LogP contribution is 2.27. The first kappa shape index (κ1) is 12.1. The summed E-state index contributed by atoms with van der Waals surface area (Å²) >= 11 is 0. The molecule has 0 saturated carbocycles. The molecule has 0 atom stereocenters. The molecule has 0 N–H and O–H groups in total. The van der Waals surface area contributed by atoms with E-state index < -0.39 is 11.9 Å². The molecule has 0 aliphatic carbocycles. The maximum Gasteiger partial charge on any atom is 0.435 e. The quantitative estimate of drug-likeness (QED) is 0.694. The van der Waals surface area contributed by atoms with Gasteiger partial charge in [0, 0.05) is 12.7 Å². The summed E-state index contributed by atoms with van der Waals surface area (Å²) in [5.41, 5.74) is -0.807. The molecule has 0 bridgehead atoms. The van der Waals surface area contributed by atoms with Crippen LogP contribution in [-0.2, 0) is 12.7 Å². The summed E-state index contributed by atoms with van der Waals surface area (Å²) in [7, 11) is 0. The van der Waals surface area contributed by atoms with Crippen molar-refractivity contribution in [3.8, 4) is 0 Å². The number of aromatic nitrogens is 2. The molecule has 0 aliphatic heterocycles. The Morgan fingerprint density at radius 1 is 1.27 bits per heavy atom. The monoisotopic (exact) mass is 220 g/mol. The van der Waals surface area contributed by atoms with Crippen LogP contribution in [0.25, 0.3) is 0 Å². The minimum atomic E-state index is -4.32. The van der Waals surface area contributed by atoms with Crippen LogP contribution in [0.2, 0.25) is 0 Å². The summed E-state index contributed by atoms with van der Waals surface area (Å²) in [6.07, 6.45) is 1.22. The molecule has 0 fully saturated rings. The number of rotatable bonds is 5. The molecular formula is C10H15F3N2. The highest BCUT2D eigenvalue weighted by molar-refractivity contribution is 5.02. The van der Waals surface area contributed by atoms with Crippen LogP contribution in [0.1, 0.15) is 38.3 Å². The van der Waals surface area contributed by atoms with Crippen molar-refractivity contribution >= 4 is 0 Å². The second-order valence-corrected chi connectivity index (χ2v) is 3.52. The maximum absolute atomic E-state index is 12.2. The summed E-state index contributed by atoms with van der Waals surface area (Å²) in [6, 6.07) is 1.01. The third-order valence-corrected chi connectivity index (χ3v) is 2.17. The van der Waals surface area contributed by atoms with Crippen molar-refractivity contribution in [2.24, 2.45) is 0 Å². The molecular weight excluding hydrogens is 205 g/mol. The molecule has 0 aromatic carbocycles. The van der Waals surface area contributed by atoms with Crippen LogP contribution in [0.3, 0.4) is 0 Å². The minimum Gasteiger partial charge on any atom is -0.272 e. The molecule has 0 spiro atoms. The van der Waals surface area contributed by atoms with Gasteiger partial charge in [0.25, 0.3) is 0 Å². The zero-order valence-electron chi connectivity index (χ0n) is 8.72. The zero-order valence-corrected chi connectivity index (χ0v) is 8.72. The van der Waals surface area contributed by atoms with Crippen molar-refractivity contribution in [3.05, 3.63) is 18.0 Å². The lowest BCUT2D eigenvalue weighted by Crippen LogP contribution is -2.08. The van der Waals surface area contributed by atoms with Gasteiger partial charge in [0.05, 0.1) is 0 Å². The van der Waals surface area contributed by atoms with Crippen LogP contribution >= 0.6 is 0 Å². The lowest BCUT2D eigenvalue weighted by atomic mass is 10.2. The molecule has 0 aliphatic rings. The SMILES string of the molecule is CCCCCCn1ccc(C(F)(F)F)n1. The van der Waals surface area contributed by atoms with E-state index in [4.69, 9.17) is 0 Å². The second kappa shape index (κ2) is 5.19. The molecule has 2 nitrogen and oxygen atoms in total. The van der Waals surface area contributed by atoms with Crippen molar-refractivity contribution in [2.75, 3.05) is 0 Å². The fraction of sp³-hybridized carbons (Fsp3) is 0.700. The molecule has 86 valence electrons. The summed E-state index contributed by atoms with van der Waals surface area (Å²) in [5, 5.41) is 3.47. The first-order valence-electron chi connectivity index (χ1n) is 5.14. The Bertz CT molecular complexity index is 291. The topological polar surface area (TPSA) is 17.8 Å². The summed E-state index contributed by atoms with van der Waals surface area (Å²) in [4.78, 5) is 0. The van der Waals surface area contributed by atoms with Crippen molar-refractivity contribution in [1.82, 2.24) is 9.78 Å². The van der Waals surface area contributed by atoms with E-state index in [0.717, 1.165) is 31.7 Å². The van der Waals surface area contributed by atoms with Crippen LogP contribution in [0.15, 0.2) is 12.3 Å². The average molecular weight is 220 g/mol. The van der Waals surface area contributed by atoms with Crippen molar-refractivity contribution < 1.29 is 13.2 Å². The molecule has 0 unspecified atom stereocenters. The Hall–Kier alpha value is -1.00. The van der Waals surface area contributed by atoms with Gasteiger partial charge in [-0.25, -0.2) is 0 Å². The third kappa shape index (κ3) is 3.93. The Labute approximate surface area is 87.1 Å². The summed E-state index contributed by atoms with van der Waals surface area (Å²) in [6.45, 7) is 2.66. The lowest BCUT2D eigenvalue weighted by Gasteiger charge is -2.02. The molecule has 0 radical (unpaired) electrons. The third-order valence-electron chi connectivity index (χ3n) is 2.17. The fourth-order valence-electron chi connectivity index (χ4n) is 1.34. The van der Waals surface area contributed by atoms with Gasteiger partial charge in [0.1, 0.15) is 0 Å². The van der Waals surface area contributed by atoms with Crippen molar-refractivity contribution in [3.63, 3.8) is 0 Å². The highest BCUT2D eigenvalue weighted by atomic mass is 19.4. The van der Waals surface area contributed by atoms with E-state index in [1.165, 1.54) is 10.9 Å². The van der Waals surface area contributed by atoms with Gasteiger partial charge in [-0.3, -0.25) is 4.68 Å². The largest absolute Gasteiger partial charge is 0.435 e. The molecule has 1 aromatic heterocycles. The average Bonchev–Trinajstić information content (AvgIpc) is 2.60. The van der Waals surface area contributed by atoms with Crippen molar-refractivity contribution in [1.29, 1.82) is 0 Å². The molecule has 5 heteroatoms. The molecule has 1 aromatic rings. The number of unbranched alkanes of at least 4 members (excludes halogenated alkanes) is 3. The number of nitrogens with zero attached hydrogens (tertiary/aromatic N) is 2. The Balaban J connectivity index is 2.40. The second-order valence-electron chi connectivity index (χ2n) is 3.52. The van der Waals surface area contributed by atoms with Gasteiger partial charge in [-0.2, -0.15) is 18.3 Å². The molecule has 0 saturated heterocycles. The predicted molar refractivity (Wildman–Crippen MR) is 51.4 cm³/mol. The highest BCUT2D eigenvalue weighted by Gasteiger charge is 2.33. The van der Waals surface area contributed by atoms with Gasteiger partial charge in [-0.1, -0.05) is 26.2 Å². The van der Waals surface area contributed by atoms with E-state index in [1.54, 1.807) is 0 Å². The van der Waals surface area contributed by atoms with E-state index in [0.29, 0.717) is 6.54 Å². The summed E-state index contributed by atoms with van der Waals surface area (Å²) < 4.78 is 37.9. The number of hydrogen-bond donors (Lipinski definition) is 0. The van der Waals surface area contributed by atoms with E-state index in [1.807, 2.05) is 0 Å². The van der Waals surface area contributed by atoms with Gasteiger partial charge in [0.2, 0.25) is 0 Å². The minimum absolute atomic E-state index is 0.566. The van der Waals surface area contributed by atoms with Crippen LogP contribution in [0.4, 0.5) is 13.2 Å². The molecule has 15 heavy (non-hydrogen) atoms. The number of halogens is 3. The smallest absolute Gasteiger partial charge is 0.272 e. The Morgan fingerprint density at radius 3 is 2.53 bits per heavy atom. The Kier molecular flexibility index (Phi) is 4.17. The van der Waals surface area contributed by atoms with Crippen LogP contribution in [0, 0.1) is 0 Å². The van der Waals surface area contributed by atoms with E-state index >= 15 is 0 Å². The van der Waals surface area contributed by atoms with Crippen molar-refractivity contribution in [2.45, 2.75) is 45.3 Å². The zero-order chi connectivity index (χ0) is 11.3. The van der Waals surface area contributed by atoms with Crippen LogP contribution in [-0.4, -0.2) is 9.78 Å². The number of aryl methyl sites for hydroxylation is 1. The van der Waals surface area contributed by atoms with Crippen LogP contribution < -0.4 is 0 Å². The standard InChI is InChI=1S/C10H15F3N2/c1-2-3-4-5-7-15-8-6-9(14-15)10(11,12)13/h6,8H,2-5,7H2,1H3. The molecule has 0 amide bonds. The van der Waals surface area contributed by atoms with Gasteiger partial charge >= 0.3 is 6.18 Å². The lowest BCUT2D eigenvalue weighted by molar-refractivity contribution is -0.141. The van der Waals surface area contributed by atoms with Gasteiger partial charge < -0.3 is 0 Å². The van der Waals surface area contributed by atoms with Gasteiger partial charge in [0.15, 0.2) is 5.69 Å². The van der Waals surface area contributed by atoms with E-state index in [-0.39, 0.29) is 0 Å². The Morgan fingerprint density at radius 2 is 2.00 bits per heavy atom. The predicted octanol–water partition coefficient (Wildman–Crippen LogP) is 3.48. The first-order chi connectivity index (χ1) is 7.04. The normalized spacial score (nSPS) is 12.0. The maximum atomic E-state index is 12.2. The number of hydrogen-bond acceptors (Lipinski definition) is 1. The fourth-order valence-corrected chi connectivity index (χ4v) is 1.34. The number of alkyl halides is 3. The molecule has 1 heterocycles.